The smallest absolute Gasteiger partial charge is 0.452 e. The maximum Gasteiger partial charge on any atom is 0.452 e. The summed E-state index contributed by atoms with van der Waals surface area (Å²) >= 11 is 11.7. The standard InChI is InChI=1S/C12H11Cl2F3N2O2/c1-6(2)21-10-4-9(7(13)3-8(10)14)19-18-5-11(20)12(15,16)17/h3-4,6H,5H2,1-2H3. The van der Waals surface area contributed by atoms with Crippen molar-refractivity contribution >= 4 is 34.7 Å². The van der Waals surface area contributed by atoms with Gasteiger partial charge in [-0.05, 0) is 19.9 Å². The Morgan fingerprint density at radius 2 is 1.90 bits per heavy atom. The lowest BCUT2D eigenvalue weighted by Gasteiger charge is -2.12. The van der Waals surface area contributed by atoms with Gasteiger partial charge in [0.05, 0.1) is 16.1 Å². The fourth-order valence-corrected chi connectivity index (χ4v) is 1.67. The molecule has 1 rings (SSSR count). The molecule has 0 bridgehead atoms. The van der Waals surface area contributed by atoms with Gasteiger partial charge >= 0.3 is 6.18 Å². The number of hydrogen-bond donors (Lipinski definition) is 0. The summed E-state index contributed by atoms with van der Waals surface area (Å²) in [6, 6.07) is 2.67. The first-order valence-corrected chi connectivity index (χ1v) is 6.50. The minimum absolute atomic E-state index is 0.0618. The van der Waals surface area contributed by atoms with Crippen molar-refractivity contribution in [3.8, 4) is 5.75 Å². The molecule has 0 aliphatic rings. The summed E-state index contributed by atoms with van der Waals surface area (Å²) in [5.74, 6) is -1.72. The van der Waals surface area contributed by atoms with E-state index >= 15 is 0 Å². The first-order chi connectivity index (χ1) is 9.61. The summed E-state index contributed by atoms with van der Waals surface area (Å²) in [6.07, 6.45) is -5.10. The second kappa shape index (κ2) is 7.09. The Hall–Kier alpha value is -1.34. The highest BCUT2D eigenvalue weighted by atomic mass is 35.5. The van der Waals surface area contributed by atoms with E-state index in [-0.39, 0.29) is 27.6 Å². The normalized spacial score (nSPS) is 12.2. The molecule has 9 heteroatoms. The Morgan fingerprint density at radius 1 is 1.29 bits per heavy atom. The van der Waals surface area contributed by atoms with Crippen LogP contribution >= 0.6 is 23.2 Å². The minimum atomic E-state index is -4.94. The maximum absolute atomic E-state index is 12.0. The molecule has 4 nitrogen and oxygen atoms in total. The molecule has 116 valence electrons. The van der Waals surface area contributed by atoms with Gasteiger partial charge in [-0.2, -0.15) is 23.4 Å². The first kappa shape index (κ1) is 17.7. The highest BCUT2D eigenvalue weighted by Crippen LogP contribution is 2.36. The number of rotatable bonds is 5. The molecule has 0 unspecified atom stereocenters. The molecule has 0 amide bonds. The number of Topliss-reactive ketones (excluding diaryl/α,β-unsaturated/α-hetero) is 1. The molecular formula is C12H11Cl2F3N2O2. The van der Waals surface area contributed by atoms with Crippen molar-refractivity contribution in [3.05, 3.63) is 22.2 Å². The van der Waals surface area contributed by atoms with E-state index in [1.54, 1.807) is 13.8 Å². The Labute approximate surface area is 128 Å². The summed E-state index contributed by atoms with van der Waals surface area (Å²) in [5, 5.41) is 7.01. The fourth-order valence-electron chi connectivity index (χ4n) is 1.20. The quantitative estimate of drug-likeness (QED) is 0.707. The summed E-state index contributed by atoms with van der Waals surface area (Å²) in [5.41, 5.74) is 0.0618. The predicted octanol–water partition coefficient (Wildman–Crippen LogP) is 5.00. The molecular weight excluding hydrogens is 332 g/mol. The van der Waals surface area contributed by atoms with Gasteiger partial charge in [-0.1, -0.05) is 23.2 Å². The number of carbonyl (C=O) groups is 1. The average molecular weight is 343 g/mol. The lowest BCUT2D eigenvalue weighted by molar-refractivity contribution is -0.169. The first-order valence-electron chi connectivity index (χ1n) is 5.74. The summed E-state index contributed by atoms with van der Waals surface area (Å²) in [4.78, 5) is 10.6. The molecule has 0 atom stereocenters. The Kier molecular flexibility index (Phi) is 5.98. The topological polar surface area (TPSA) is 51.0 Å². The van der Waals surface area contributed by atoms with Crippen LogP contribution in [0.15, 0.2) is 22.4 Å². The molecule has 0 heterocycles. The van der Waals surface area contributed by atoms with Crippen LogP contribution < -0.4 is 4.74 Å². The number of ketones is 1. The zero-order valence-corrected chi connectivity index (χ0v) is 12.6. The van der Waals surface area contributed by atoms with Gasteiger partial charge in [-0.3, -0.25) is 4.79 Å². The largest absolute Gasteiger partial charge is 0.489 e. The van der Waals surface area contributed by atoms with Crippen molar-refractivity contribution in [3.63, 3.8) is 0 Å². The molecule has 0 radical (unpaired) electrons. The minimum Gasteiger partial charge on any atom is -0.489 e. The third-order valence-electron chi connectivity index (χ3n) is 2.07. The van der Waals surface area contributed by atoms with Crippen LogP contribution in [0.2, 0.25) is 10.0 Å². The highest BCUT2D eigenvalue weighted by molar-refractivity contribution is 6.37. The van der Waals surface area contributed by atoms with Crippen LogP contribution in [0, 0.1) is 0 Å². The molecule has 0 aliphatic carbocycles. The zero-order valence-electron chi connectivity index (χ0n) is 11.0. The molecule has 1 aromatic rings. The van der Waals surface area contributed by atoms with Gasteiger partial charge in [0, 0.05) is 6.07 Å². The molecule has 0 aromatic heterocycles. The van der Waals surface area contributed by atoms with E-state index in [0.29, 0.717) is 0 Å². The van der Waals surface area contributed by atoms with Gasteiger partial charge < -0.3 is 4.74 Å². The van der Waals surface area contributed by atoms with Crippen LogP contribution in [0.1, 0.15) is 13.8 Å². The maximum atomic E-state index is 12.0. The van der Waals surface area contributed by atoms with Crippen LogP contribution in [-0.4, -0.2) is 24.6 Å². The van der Waals surface area contributed by atoms with Gasteiger partial charge in [0.1, 0.15) is 18.0 Å². The summed E-state index contributed by atoms with van der Waals surface area (Å²) in [6.45, 7) is 2.44. The third kappa shape index (κ3) is 5.51. The SMILES string of the molecule is CC(C)Oc1cc(N=NCC(=O)C(F)(F)F)c(Cl)cc1Cl. The number of hydrogen-bond acceptors (Lipinski definition) is 4. The van der Waals surface area contributed by atoms with E-state index in [1.807, 2.05) is 0 Å². The van der Waals surface area contributed by atoms with E-state index in [0.717, 1.165) is 0 Å². The van der Waals surface area contributed by atoms with Crippen LogP contribution in [0.25, 0.3) is 0 Å². The number of azo groups is 1. The lowest BCUT2D eigenvalue weighted by atomic mass is 10.3. The Morgan fingerprint density at radius 3 is 2.43 bits per heavy atom. The fraction of sp³-hybridized carbons (Fsp3) is 0.417. The number of benzene rings is 1. The Bertz CT molecular complexity index is 560. The van der Waals surface area contributed by atoms with Gasteiger partial charge in [-0.15, -0.1) is 0 Å². The van der Waals surface area contributed by atoms with E-state index in [2.05, 4.69) is 10.2 Å². The molecule has 0 saturated carbocycles. The van der Waals surface area contributed by atoms with Crippen LogP contribution in [-0.2, 0) is 4.79 Å². The molecule has 0 N–H and O–H groups in total. The average Bonchev–Trinajstić information content (AvgIpc) is 2.32. The van der Waals surface area contributed by atoms with Crippen molar-refractivity contribution in [2.24, 2.45) is 10.2 Å². The van der Waals surface area contributed by atoms with Crippen molar-refractivity contribution in [2.75, 3.05) is 6.54 Å². The molecule has 0 fully saturated rings. The monoisotopic (exact) mass is 342 g/mol. The molecule has 0 aliphatic heterocycles. The number of halogens is 5. The van der Waals surface area contributed by atoms with Crippen LogP contribution in [0.4, 0.5) is 18.9 Å². The number of carbonyl (C=O) groups excluding carboxylic acids is 1. The van der Waals surface area contributed by atoms with Crippen LogP contribution in [0.3, 0.4) is 0 Å². The molecule has 1 aromatic carbocycles. The van der Waals surface area contributed by atoms with Crippen molar-refractivity contribution < 1.29 is 22.7 Å². The van der Waals surface area contributed by atoms with Crippen molar-refractivity contribution in [1.29, 1.82) is 0 Å². The van der Waals surface area contributed by atoms with E-state index < -0.39 is 18.5 Å². The number of ether oxygens (including phenoxy) is 1. The van der Waals surface area contributed by atoms with E-state index in [4.69, 9.17) is 27.9 Å². The molecule has 0 saturated heterocycles. The van der Waals surface area contributed by atoms with Gasteiger partial charge in [0.2, 0.25) is 0 Å². The third-order valence-corrected chi connectivity index (χ3v) is 2.67. The van der Waals surface area contributed by atoms with Crippen LogP contribution in [0.5, 0.6) is 5.75 Å². The van der Waals surface area contributed by atoms with Gasteiger partial charge in [0.25, 0.3) is 5.78 Å². The van der Waals surface area contributed by atoms with E-state index in [9.17, 15) is 18.0 Å². The second-order valence-corrected chi connectivity index (χ2v) is 5.04. The predicted molar refractivity (Wildman–Crippen MR) is 72.7 cm³/mol. The zero-order chi connectivity index (χ0) is 16.2. The van der Waals surface area contributed by atoms with Crippen molar-refractivity contribution in [2.45, 2.75) is 26.1 Å². The van der Waals surface area contributed by atoms with Gasteiger partial charge in [-0.25, -0.2) is 0 Å². The summed E-state index contributed by atoms with van der Waals surface area (Å²) in [7, 11) is 0. The molecule has 0 spiro atoms. The van der Waals surface area contributed by atoms with Gasteiger partial charge in [0.15, 0.2) is 0 Å². The lowest BCUT2D eigenvalue weighted by Crippen LogP contribution is -2.24. The second-order valence-electron chi connectivity index (χ2n) is 4.22. The number of nitrogens with zero attached hydrogens (tertiary/aromatic N) is 2. The van der Waals surface area contributed by atoms with E-state index in [1.165, 1.54) is 12.1 Å². The highest BCUT2D eigenvalue weighted by Gasteiger charge is 2.37. The molecule has 21 heavy (non-hydrogen) atoms. The summed E-state index contributed by atoms with van der Waals surface area (Å²) < 4.78 is 41.4. The number of alkyl halides is 3. The van der Waals surface area contributed by atoms with Crippen molar-refractivity contribution in [1.82, 2.24) is 0 Å². The Balaban J connectivity index is 2.90.